The first-order valence-corrected chi connectivity index (χ1v) is 6.42. The highest BCUT2D eigenvalue weighted by molar-refractivity contribution is 5.77. The van der Waals surface area contributed by atoms with E-state index in [9.17, 15) is 4.79 Å². The Labute approximate surface area is 109 Å². The summed E-state index contributed by atoms with van der Waals surface area (Å²) in [6.07, 6.45) is 2.01. The maximum Gasteiger partial charge on any atom is 0.236 e. The highest BCUT2D eigenvalue weighted by atomic mass is 16.2. The number of rotatable bonds is 6. The Kier molecular flexibility index (Phi) is 5.34. The summed E-state index contributed by atoms with van der Waals surface area (Å²) < 4.78 is 1.83. The number of nitrogens with one attached hydrogen (secondary N) is 1. The quantitative estimate of drug-likeness (QED) is 0.825. The van der Waals surface area contributed by atoms with Gasteiger partial charge in [0, 0.05) is 38.9 Å². The number of hydrogen-bond acceptors (Lipinski definition) is 3. The molecular formula is C13H24N4O. The van der Waals surface area contributed by atoms with Crippen LogP contribution in [0.3, 0.4) is 0 Å². The molecule has 0 spiro atoms. The summed E-state index contributed by atoms with van der Waals surface area (Å²) in [7, 11) is 3.74. The zero-order chi connectivity index (χ0) is 13.7. The van der Waals surface area contributed by atoms with Crippen molar-refractivity contribution in [3.8, 4) is 0 Å². The van der Waals surface area contributed by atoms with Crippen molar-refractivity contribution in [3.63, 3.8) is 0 Å². The van der Waals surface area contributed by atoms with Crippen LogP contribution < -0.4 is 5.32 Å². The van der Waals surface area contributed by atoms with Gasteiger partial charge < -0.3 is 10.2 Å². The average Bonchev–Trinajstić information content (AvgIpc) is 2.69. The van der Waals surface area contributed by atoms with Crippen LogP contribution in [0.4, 0.5) is 0 Å². The molecule has 5 nitrogen and oxygen atoms in total. The molecule has 0 fully saturated rings. The molecule has 1 rings (SSSR count). The van der Waals surface area contributed by atoms with Crippen LogP contribution in [0.2, 0.25) is 0 Å². The SMILES string of the molecule is CCN(C)C(=O)CNCc1cn(C)nc1C(C)C. The molecule has 0 atom stereocenters. The number of hydrogen-bond donors (Lipinski definition) is 1. The first-order valence-electron chi connectivity index (χ1n) is 6.42. The second-order valence-electron chi connectivity index (χ2n) is 4.88. The number of carbonyl (C=O) groups is 1. The largest absolute Gasteiger partial charge is 0.345 e. The number of aromatic nitrogens is 2. The van der Waals surface area contributed by atoms with Gasteiger partial charge >= 0.3 is 0 Å². The monoisotopic (exact) mass is 252 g/mol. The van der Waals surface area contributed by atoms with Crippen molar-refractivity contribution in [2.45, 2.75) is 33.2 Å². The minimum atomic E-state index is 0.118. The summed E-state index contributed by atoms with van der Waals surface area (Å²) in [5, 5.41) is 7.62. The van der Waals surface area contributed by atoms with E-state index in [1.54, 1.807) is 4.90 Å². The van der Waals surface area contributed by atoms with Crippen molar-refractivity contribution in [1.82, 2.24) is 20.0 Å². The Morgan fingerprint density at radius 2 is 2.22 bits per heavy atom. The van der Waals surface area contributed by atoms with E-state index in [1.165, 1.54) is 5.56 Å². The van der Waals surface area contributed by atoms with Crippen molar-refractivity contribution in [3.05, 3.63) is 17.5 Å². The molecule has 1 N–H and O–H groups in total. The molecule has 1 aromatic heterocycles. The summed E-state index contributed by atoms with van der Waals surface area (Å²) in [6, 6.07) is 0. The van der Waals surface area contributed by atoms with Crippen molar-refractivity contribution in [2.75, 3.05) is 20.1 Å². The molecule has 0 aromatic carbocycles. The van der Waals surface area contributed by atoms with E-state index < -0.39 is 0 Å². The second-order valence-corrected chi connectivity index (χ2v) is 4.88. The molecule has 1 heterocycles. The second kappa shape index (κ2) is 6.54. The highest BCUT2D eigenvalue weighted by Gasteiger charge is 2.12. The summed E-state index contributed by atoms with van der Waals surface area (Å²) >= 11 is 0. The standard InChI is InChI=1S/C13H24N4O/c1-6-16(4)12(18)8-14-7-11-9-17(5)15-13(11)10(2)3/h9-10,14H,6-8H2,1-5H3. The maximum atomic E-state index is 11.6. The van der Waals surface area contributed by atoms with E-state index in [0.717, 1.165) is 12.2 Å². The molecule has 0 saturated heterocycles. The van der Waals surface area contributed by atoms with Crippen LogP contribution in [0.25, 0.3) is 0 Å². The molecule has 0 radical (unpaired) electrons. The lowest BCUT2D eigenvalue weighted by Crippen LogP contribution is -2.35. The van der Waals surface area contributed by atoms with Gasteiger partial charge in [0.25, 0.3) is 0 Å². The van der Waals surface area contributed by atoms with E-state index in [-0.39, 0.29) is 5.91 Å². The Morgan fingerprint density at radius 3 is 2.78 bits per heavy atom. The zero-order valence-corrected chi connectivity index (χ0v) is 12.0. The molecule has 0 bridgehead atoms. The predicted octanol–water partition coefficient (Wildman–Crippen LogP) is 1.11. The van der Waals surface area contributed by atoms with Gasteiger partial charge in [0.05, 0.1) is 12.2 Å². The van der Waals surface area contributed by atoms with Crippen molar-refractivity contribution in [1.29, 1.82) is 0 Å². The number of nitrogens with zero attached hydrogens (tertiary/aromatic N) is 3. The highest BCUT2D eigenvalue weighted by Crippen LogP contribution is 2.16. The Balaban J connectivity index is 2.51. The minimum Gasteiger partial charge on any atom is -0.345 e. The maximum absolute atomic E-state index is 11.6. The van der Waals surface area contributed by atoms with Crippen molar-refractivity contribution >= 4 is 5.91 Å². The smallest absolute Gasteiger partial charge is 0.236 e. The van der Waals surface area contributed by atoms with Gasteiger partial charge in [0.2, 0.25) is 5.91 Å². The minimum absolute atomic E-state index is 0.118. The molecule has 0 unspecified atom stereocenters. The topological polar surface area (TPSA) is 50.2 Å². The molecule has 0 aliphatic carbocycles. The molecule has 5 heteroatoms. The number of carbonyl (C=O) groups excluding carboxylic acids is 1. The predicted molar refractivity (Wildman–Crippen MR) is 72.3 cm³/mol. The molecule has 0 aliphatic heterocycles. The third kappa shape index (κ3) is 3.84. The van der Waals surface area contributed by atoms with E-state index in [0.29, 0.717) is 19.0 Å². The number of aryl methyl sites for hydroxylation is 1. The number of amides is 1. The number of likely N-dealkylation sites (N-methyl/N-ethyl adjacent to an activating group) is 1. The summed E-state index contributed by atoms with van der Waals surface area (Å²) in [5.41, 5.74) is 2.26. The Bertz CT molecular complexity index is 398. The van der Waals surface area contributed by atoms with E-state index >= 15 is 0 Å². The van der Waals surface area contributed by atoms with Crippen LogP contribution in [0.1, 0.15) is 37.9 Å². The lowest BCUT2D eigenvalue weighted by molar-refractivity contribution is -0.128. The van der Waals surface area contributed by atoms with Crippen LogP contribution in [0, 0.1) is 0 Å². The molecular weight excluding hydrogens is 228 g/mol. The van der Waals surface area contributed by atoms with Crippen LogP contribution in [0.5, 0.6) is 0 Å². The van der Waals surface area contributed by atoms with Gasteiger partial charge in [0.15, 0.2) is 0 Å². The first kappa shape index (κ1) is 14.7. The van der Waals surface area contributed by atoms with Crippen LogP contribution in [0.15, 0.2) is 6.20 Å². The van der Waals surface area contributed by atoms with Gasteiger partial charge in [-0.1, -0.05) is 13.8 Å². The normalized spacial score (nSPS) is 11.0. The van der Waals surface area contributed by atoms with Gasteiger partial charge in [0.1, 0.15) is 0 Å². The summed E-state index contributed by atoms with van der Waals surface area (Å²) in [6.45, 7) is 8.02. The van der Waals surface area contributed by atoms with E-state index in [4.69, 9.17) is 0 Å². The fourth-order valence-corrected chi connectivity index (χ4v) is 1.79. The van der Waals surface area contributed by atoms with Crippen LogP contribution >= 0.6 is 0 Å². The Morgan fingerprint density at radius 1 is 1.56 bits per heavy atom. The lowest BCUT2D eigenvalue weighted by Gasteiger charge is -2.14. The molecule has 1 amide bonds. The summed E-state index contributed by atoms with van der Waals surface area (Å²) in [4.78, 5) is 13.3. The van der Waals surface area contributed by atoms with Gasteiger partial charge in [-0.2, -0.15) is 5.10 Å². The van der Waals surface area contributed by atoms with Crippen LogP contribution in [-0.2, 0) is 18.4 Å². The fourth-order valence-electron chi connectivity index (χ4n) is 1.79. The van der Waals surface area contributed by atoms with Gasteiger partial charge in [-0.15, -0.1) is 0 Å². The zero-order valence-electron chi connectivity index (χ0n) is 12.0. The third-order valence-electron chi connectivity index (χ3n) is 2.98. The van der Waals surface area contributed by atoms with Crippen LogP contribution in [-0.4, -0.2) is 40.7 Å². The summed E-state index contributed by atoms with van der Waals surface area (Å²) in [5.74, 6) is 0.518. The van der Waals surface area contributed by atoms with Gasteiger partial charge in [-0.3, -0.25) is 9.48 Å². The van der Waals surface area contributed by atoms with Crippen molar-refractivity contribution in [2.24, 2.45) is 7.05 Å². The van der Waals surface area contributed by atoms with E-state index in [1.807, 2.05) is 31.9 Å². The third-order valence-corrected chi connectivity index (χ3v) is 2.98. The molecule has 102 valence electrons. The molecule has 0 aliphatic rings. The average molecular weight is 252 g/mol. The van der Waals surface area contributed by atoms with Gasteiger partial charge in [-0.25, -0.2) is 0 Å². The molecule has 0 saturated carbocycles. The van der Waals surface area contributed by atoms with E-state index in [2.05, 4.69) is 24.3 Å². The lowest BCUT2D eigenvalue weighted by atomic mass is 10.1. The van der Waals surface area contributed by atoms with Crippen molar-refractivity contribution < 1.29 is 4.79 Å². The fraction of sp³-hybridized carbons (Fsp3) is 0.692. The molecule has 18 heavy (non-hydrogen) atoms. The Hall–Kier alpha value is -1.36. The first-order chi connectivity index (χ1) is 8.45. The van der Waals surface area contributed by atoms with Gasteiger partial charge in [-0.05, 0) is 12.8 Å². The molecule has 1 aromatic rings.